The number of hydrogen-bond donors (Lipinski definition) is 1. The van der Waals surface area contributed by atoms with E-state index >= 15 is 0 Å². The second-order valence-electron chi connectivity index (χ2n) is 3.80. The second-order valence-corrected chi connectivity index (χ2v) is 3.80. The molecule has 14 heavy (non-hydrogen) atoms. The lowest BCUT2D eigenvalue weighted by atomic mass is 10.2. The summed E-state index contributed by atoms with van der Waals surface area (Å²) in [5.41, 5.74) is 1.99. The molecule has 3 nitrogen and oxygen atoms in total. The third-order valence-corrected chi connectivity index (χ3v) is 2.65. The smallest absolute Gasteiger partial charge is 0.0696 e. The van der Waals surface area contributed by atoms with Crippen molar-refractivity contribution in [3.8, 4) is 0 Å². The molecule has 1 aromatic heterocycles. The Labute approximate surface area is 84.4 Å². The molecule has 1 N–H and O–H groups in total. The highest BCUT2D eigenvalue weighted by Gasteiger charge is 2.11. The molecule has 0 amide bonds. The van der Waals surface area contributed by atoms with E-state index in [0.717, 1.165) is 17.8 Å². The molecule has 0 atom stereocenters. The van der Waals surface area contributed by atoms with E-state index in [1.165, 1.54) is 25.9 Å². The summed E-state index contributed by atoms with van der Waals surface area (Å²) >= 11 is 0. The van der Waals surface area contributed by atoms with E-state index in [1.54, 1.807) is 6.20 Å². The van der Waals surface area contributed by atoms with Gasteiger partial charge in [0.2, 0.25) is 0 Å². The van der Waals surface area contributed by atoms with Crippen LogP contribution in [-0.2, 0) is 13.2 Å². The van der Waals surface area contributed by atoms with Gasteiger partial charge in [-0.15, -0.1) is 0 Å². The van der Waals surface area contributed by atoms with Crippen molar-refractivity contribution in [2.75, 3.05) is 13.1 Å². The van der Waals surface area contributed by atoms with Gasteiger partial charge in [-0.1, -0.05) is 6.07 Å². The molecular formula is C11H16N2O. The molecule has 0 bridgehead atoms. The molecule has 0 unspecified atom stereocenters. The van der Waals surface area contributed by atoms with Crippen LogP contribution in [0, 0.1) is 0 Å². The third kappa shape index (κ3) is 2.30. The topological polar surface area (TPSA) is 36.4 Å². The Bertz CT molecular complexity index is 278. The Balaban J connectivity index is 1.95. The van der Waals surface area contributed by atoms with E-state index in [0.29, 0.717) is 0 Å². The fourth-order valence-corrected chi connectivity index (χ4v) is 1.81. The molecule has 2 rings (SSSR count). The Hall–Kier alpha value is -0.930. The first kappa shape index (κ1) is 9.62. The van der Waals surface area contributed by atoms with E-state index < -0.39 is 0 Å². The summed E-state index contributed by atoms with van der Waals surface area (Å²) in [7, 11) is 0. The van der Waals surface area contributed by atoms with E-state index in [-0.39, 0.29) is 6.61 Å². The zero-order chi connectivity index (χ0) is 9.80. The van der Waals surface area contributed by atoms with Crippen molar-refractivity contribution in [1.29, 1.82) is 0 Å². The van der Waals surface area contributed by atoms with Crippen molar-refractivity contribution in [1.82, 2.24) is 9.88 Å². The van der Waals surface area contributed by atoms with Gasteiger partial charge in [0.15, 0.2) is 0 Å². The van der Waals surface area contributed by atoms with Crippen molar-refractivity contribution in [2.45, 2.75) is 26.0 Å². The molecule has 76 valence electrons. The summed E-state index contributed by atoms with van der Waals surface area (Å²) in [6.45, 7) is 3.43. The maximum absolute atomic E-state index is 8.86. The van der Waals surface area contributed by atoms with Crippen LogP contribution < -0.4 is 0 Å². The molecule has 3 heteroatoms. The zero-order valence-electron chi connectivity index (χ0n) is 8.32. The molecule has 0 aliphatic carbocycles. The Morgan fingerprint density at radius 1 is 1.29 bits per heavy atom. The fraction of sp³-hybridized carbons (Fsp3) is 0.545. The normalized spacial score (nSPS) is 17.5. The van der Waals surface area contributed by atoms with Gasteiger partial charge in [0, 0.05) is 12.7 Å². The van der Waals surface area contributed by atoms with E-state index in [4.69, 9.17) is 5.11 Å². The first-order valence-electron chi connectivity index (χ1n) is 5.15. The average molecular weight is 192 g/mol. The zero-order valence-corrected chi connectivity index (χ0v) is 8.32. The molecule has 2 heterocycles. The van der Waals surface area contributed by atoms with Gasteiger partial charge in [-0.05, 0) is 37.6 Å². The quantitative estimate of drug-likeness (QED) is 0.781. The lowest BCUT2D eigenvalue weighted by Crippen LogP contribution is -2.19. The van der Waals surface area contributed by atoms with Crippen LogP contribution in [0.1, 0.15) is 24.1 Å². The van der Waals surface area contributed by atoms with Crippen molar-refractivity contribution in [3.63, 3.8) is 0 Å². The monoisotopic (exact) mass is 192 g/mol. The highest BCUT2D eigenvalue weighted by Crippen LogP contribution is 2.11. The number of likely N-dealkylation sites (tertiary alicyclic amines) is 1. The molecule has 0 spiro atoms. The van der Waals surface area contributed by atoms with E-state index in [9.17, 15) is 0 Å². The van der Waals surface area contributed by atoms with Crippen LogP contribution in [0.5, 0.6) is 0 Å². The minimum absolute atomic E-state index is 0.0804. The van der Waals surface area contributed by atoms with Crippen molar-refractivity contribution in [2.24, 2.45) is 0 Å². The van der Waals surface area contributed by atoms with Gasteiger partial charge in [-0.3, -0.25) is 9.88 Å². The molecule has 1 aliphatic rings. The maximum Gasteiger partial charge on any atom is 0.0696 e. The molecular weight excluding hydrogens is 176 g/mol. The Morgan fingerprint density at radius 2 is 2.07 bits per heavy atom. The van der Waals surface area contributed by atoms with Crippen LogP contribution in [0.25, 0.3) is 0 Å². The SMILES string of the molecule is OCc1ccc(CN2CCCC2)nc1. The molecule has 0 aromatic carbocycles. The highest BCUT2D eigenvalue weighted by molar-refractivity contribution is 5.13. The summed E-state index contributed by atoms with van der Waals surface area (Å²) in [5, 5.41) is 8.86. The Morgan fingerprint density at radius 3 is 2.64 bits per heavy atom. The maximum atomic E-state index is 8.86. The minimum atomic E-state index is 0.0804. The fourth-order valence-electron chi connectivity index (χ4n) is 1.81. The van der Waals surface area contributed by atoms with Crippen molar-refractivity contribution < 1.29 is 5.11 Å². The summed E-state index contributed by atoms with van der Waals surface area (Å²) in [5.74, 6) is 0. The molecule has 1 aromatic rings. The van der Waals surface area contributed by atoms with Crippen LogP contribution in [0.2, 0.25) is 0 Å². The number of nitrogens with zero attached hydrogens (tertiary/aromatic N) is 2. The van der Waals surface area contributed by atoms with Gasteiger partial charge in [-0.2, -0.15) is 0 Å². The number of aliphatic hydroxyl groups is 1. The van der Waals surface area contributed by atoms with Crippen molar-refractivity contribution in [3.05, 3.63) is 29.6 Å². The lowest BCUT2D eigenvalue weighted by Gasteiger charge is -2.13. The van der Waals surface area contributed by atoms with E-state index in [2.05, 4.69) is 9.88 Å². The standard InChI is InChI=1S/C11H16N2O/c14-9-10-3-4-11(12-7-10)8-13-5-1-2-6-13/h3-4,7,14H,1-2,5-6,8-9H2. The summed E-state index contributed by atoms with van der Waals surface area (Å²) in [6.07, 6.45) is 4.38. The second kappa shape index (κ2) is 4.53. The third-order valence-electron chi connectivity index (χ3n) is 2.65. The first-order chi connectivity index (χ1) is 6.88. The molecule has 0 saturated carbocycles. The van der Waals surface area contributed by atoms with E-state index in [1.807, 2.05) is 12.1 Å². The van der Waals surface area contributed by atoms with Crippen molar-refractivity contribution >= 4 is 0 Å². The highest BCUT2D eigenvalue weighted by atomic mass is 16.3. The minimum Gasteiger partial charge on any atom is -0.392 e. The van der Waals surface area contributed by atoms with Gasteiger partial charge < -0.3 is 5.11 Å². The predicted octanol–water partition coefficient (Wildman–Crippen LogP) is 1.17. The number of hydrogen-bond acceptors (Lipinski definition) is 3. The first-order valence-corrected chi connectivity index (χ1v) is 5.15. The average Bonchev–Trinajstić information content (AvgIpc) is 2.72. The number of pyridine rings is 1. The molecule has 0 radical (unpaired) electrons. The van der Waals surface area contributed by atoms with Gasteiger partial charge >= 0.3 is 0 Å². The number of aliphatic hydroxyl groups excluding tert-OH is 1. The number of rotatable bonds is 3. The van der Waals surface area contributed by atoms with Gasteiger partial charge in [0.05, 0.1) is 12.3 Å². The largest absolute Gasteiger partial charge is 0.392 e. The summed E-state index contributed by atoms with van der Waals surface area (Å²) < 4.78 is 0. The predicted molar refractivity (Wildman–Crippen MR) is 54.7 cm³/mol. The van der Waals surface area contributed by atoms with Gasteiger partial charge in [0.25, 0.3) is 0 Å². The van der Waals surface area contributed by atoms with Crippen LogP contribution in [0.15, 0.2) is 18.3 Å². The van der Waals surface area contributed by atoms with Crippen LogP contribution in [0.3, 0.4) is 0 Å². The van der Waals surface area contributed by atoms with Crippen LogP contribution in [0.4, 0.5) is 0 Å². The summed E-state index contributed by atoms with van der Waals surface area (Å²) in [6, 6.07) is 3.95. The Kier molecular flexibility index (Phi) is 3.11. The van der Waals surface area contributed by atoms with Crippen LogP contribution in [-0.4, -0.2) is 28.1 Å². The van der Waals surface area contributed by atoms with Gasteiger partial charge in [-0.25, -0.2) is 0 Å². The molecule has 1 aliphatic heterocycles. The van der Waals surface area contributed by atoms with Crippen LogP contribution >= 0.6 is 0 Å². The number of aromatic nitrogens is 1. The van der Waals surface area contributed by atoms with Gasteiger partial charge in [0.1, 0.15) is 0 Å². The molecule has 1 saturated heterocycles. The summed E-state index contributed by atoms with van der Waals surface area (Å²) in [4.78, 5) is 6.73. The lowest BCUT2D eigenvalue weighted by molar-refractivity contribution is 0.281. The molecule has 1 fully saturated rings.